The maximum absolute atomic E-state index is 9.44. The van der Waals surface area contributed by atoms with Gasteiger partial charge < -0.3 is 9.67 Å². The summed E-state index contributed by atoms with van der Waals surface area (Å²) in [6, 6.07) is 15.3. The van der Waals surface area contributed by atoms with E-state index in [1.165, 1.54) is 27.4 Å². The van der Waals surface area contributed by atoms with Crippen LogP contribution in [0.3, 0.4) is 0 Å². The maximum Gasteiger partial charge on any atom is 0.0515 e. The van der Waals surface area contributed by atoms with E-state index in [1.54, 1.807) is 0 Å². The predicted molar refractivity (Wildman–Crippen MR) is 85.1 cm³/mol. The Morgan fingerprint density at radius 2 is 1.80 bits per heavy atom. The third kappa shape index (κ3) is 2.20. The van der Waals surface area contributed by atoms with Crippen molar-refractivity contribution < 1.29 is 5.11 Å². The lowest BCUT2D eigenvalue weighted by Gasteiger charge is -2.06. The van der Waals surface area contributed by atoms with E-state index in [0.717, 1.165) is 19.4 Å². The topological polar surface area (TPSA) is 25.2 Å². The SMILES string of the molecule is CCn1c2ccccc2c2cc(CCC(C)O)ccc21. The van der Waals surface area contributed by atoms with Gasteiger partial charge in [-0.3, -0.25) is 0 Å². The van der Waals surface area contributed by atoms with Gasteiger partial charge in [0, 0.05) is 28.4 Å². The van der Waals surface area contributed by atoms with Gasteiger partial charge in [0.1, 0.15) is 0 Å². The third-order valence-corrected chi connectivity index (χ3v) is 4.00. The van der Waals surface area contributed by atoms with Gasteiger partial charge in [0.15, 0.2) is 0 Å². The number of aryl methyl sites for hydroxylation is 2. The molecule has 1 aromatic heterocycles. The quantitative estimate of drug-likeness (QED) is 0.755. The van der Waals surface area contributed by atoms with Crippen molar-refractivity contribution in [3.8, 4) is 0 Å². The molecule has 0 saturated carbocycles. The highest BCUT2D eigenvalue weighted by Crippen LogP contribution is 2.29. The Labute approximate surface area is 119 Å². The molecule has 0 aliphatic rings. The van der Waals surface area contributed by atoms with E-state index in [4.69, 9.17) is 0 Å². The molecule has 0 radical (unpaired) electrons. The molecule has 2 heteroatoms. The van der Waals surface area contributed by atoms with Crippen molar-refractivity contribution in [2.75, 3.05) is 0 Å². The van der Waals surface area contributed by atoms with Crippen LogP contribution in [-0.2, 0) is 13.0 Å². The summed E-state index contributed by atoms with van der Waals surface area (Å²) in [7, 11) is 0. The van der Waals surface area contributed by atoms with Crippen LogP contribution < -0.4 is 0 Å². The first-order valence-electron chi connectivity index (χ1n) is 7.38. The number of para-hydroxylation sites is 1. The van der Waals surface area contributed by atoms with Gasteiger partial charge in [-0.2, -0.15) is 0 Å². The molecule has 0 aliphatic carbocycles. The number of hydrogen-bond acceptors (Lipinski definition) is 1. The van der Waals surface area contributed by atoms with E-state index in [0.29, 0.717) is 0 Å². The van der Waals surface area contributed by atoms with Crippen LogP contribution in [-0.4, -0.2) is 15.8 Å². The fraction of sp³-hybridized carbons (Fsp3) is 0.333. The molecular weight excluding hydrogens is 246 g/mol. The Bertz CT molecular complexity index is 740. The molecule has 3 aromatic rings. The Morgan fingerprint density at radius 1 is 1.05 bits per heavy atom. The highest BCUT2D eigenvalue weighted by molar-refractivity contribution is 6.08. The van der Waals surface area contributed by atoms with Crippen LogP contribution in [0.4, 0.5) is 0 Å². The van der Waals surface area contributed by atoms with E-state index in [1.807, 2.05) is 6.92 Å². The van der Waals surface area contributed by atoms with E-state index in [2.05, 4.69) is 54.0 Å². The van der Waals surface area contributed by atoms with Crippen LogP contribution in [0.15, 0.2) is 42.5 Å². The number of aliphatic hydroxyl groups excluding tert-OH is 1. The molecule has 0 amide bonds. The summed E-state index contributed by atoms with van der Waals surface area (Å²) in [5.74, 6) is 0. The smallest absolute Gasteiger partial charge is 0.0515 e. The molecule has 1 heterocycles. The van der Waals surface area contributed by atoms with Gasteiger partial charge in [0.2, 0.25) is 0 Å². The van der Waals surface area contributed by atoms with Crippen molar-refractivity contribution in [2.45, 2.75) is 39.3 Å². The molecule has 0 fully saturated rings. The Morgan fingerprint density at radius 3 is 2.55 bits per heavy atom. The molecule has 0 bridgehead atoms. The first-order chi connectivity index (χ1) is 9.70. The van der Waals surface area contributed by atoms with Gasteiger partial charge in [-0.25, -0.2) is 0 Å². The zero-order valence-electron chi connectivity index (χ0n) is 12.1. The van der Waals surface area contributed by atoms with Crippen LogP contribution in [0.2, 0.25) is 0 Å². The summed E-state index contributed by atoms with van der Waals surface area (Å²) in [6.07, 6.45) is 1.51. The first-order valence-corrected chi connectivity index (χ1v) is 7.38. The molecule has 2 aromatic carbocycles. The van der Waals surface area contributed by atoms with Crippen LogP contribution in [0, 0.1) is 0 Å². The lowest BCUT2D eigenvalue weighted by molar-refractivity contribution is 0.185. The second kappa shape index (κ2) is 5.29. The van der Waals surface area contributed by atoms with Gasteiger partial charge in [-0.05, 0) is 50.5 Å². The first kappa shape index (κ1) is 13.2. The number of rotatable bonds is 4. The van der Waals surface area contributed by atoms with E-state index >= 15 is 0 Å². The molecular formula is C18H21NO. The van der Waals surface area contributed by atoms with Gasteiger partial charge in [-0.1, -0.05) is 24.3 Å². The fourth-order valence-electron chi connectivity index (χ4n) is 2.97. The van der Waals surface area contributed by atoms with Gasteiger partial charge in [0.25, 0.3) is 0 Å². The van der Waals surface area contributed by atoms with E-state index < -0.39 is 0 Å². The minimum Gasteiger partial charge on any atom is -0.393 e. The Hall–Kier alpha value is -1.80. The normalized spacial score (nSPS) is 13.2. The van der Waals surface area contributed by atoms with Crippen molar-refractivity contribution in [1.82, 2.24) is 4.57 Å². The van der Waals surface area contributed by atoms with E-state index in [-0.39, 0.29) is 6.10 Å². The second-order valence-corrected chi connectivity index (χ2v) is 5.50. The van der Waals surface area contributed by atoms with Gasteiger partial charge in [0.05, 0.1) is 6.10 Å². The predicted octanol–water partition coefficient (Wildman–Crippen LogP) is 4.13. The molecule has 0 aliphatic heterocycles. The lowest BCUT2D eigenvalue weighted by atomic mass is 10.0. The Balaban J connectivity index is 2.16. The van der Waals surface area contributed by atoms with Crippen molar-refractivity contribution in [3.63, 3.8) is 0 Å². The maximum atomic E-state index is 9.44. The summed E-state index contributed by atoms with van der Waals surface area (Å²) in [5.41, 5.74) is 3.91. The number of fused-ring (bicyclic) bond motifs is 3. The van der Waals surface area contributed by atoms with Crippen LogP contribution >= 0.6 is 0 Å². The molecule has 0 spiro atoms. The van der Waals surface area contributed by atoms with Crippen LogP contribution in [0.1, 0.15) is 25.8 Å². The highest BCUT2D eigenvalue weighted by atomic mass is 16.3. The number of benzene rings is 2. The molecule has 20 heavy (non-hydrogen) atoms. The summed E-state index contributed by atoms with van der Waals surface area (Å²) in [6.45, 7) is 5.02. The highest BCUT2D eigenvalue weighted by Gasteiger charge is 2.09. The largest absolute Gasteiger partial charge is 0.393 e. The van der Waals surface area contributed by atoms with Gasteiger partial charge >= 0.3 is 0 Å². The standard InChI is InChI=1S/C18H21NO/c1-3-19-17-7-5-4-6-15(17)16-12-14(9-8-13(2)20)10-11-18(16)19/h4-7,10-13,20H,3,8-9H2,1-2H3. The Kier molecular flexibility index (Phi) is 3.49. The number of aromatic nitrogens is 1. The molecule has 3 rings (SSSR count). The van der Waals surface area contributed by atoms with Crippen molar-refractivity contribution >= 4 is 21.8 Å². The monoisotopic (exact) mass is 267 g/mol. The average molecular weight is 267 g/mol. The van der Waals surface area contributed by atoms with Crippen LogP contribution in [0.25, 0.3) is 21.8 Å². The van der Waals surface area contributed by atoms with Crippen molar-refractivity contribution in [2.24, 2.45) is 0 Å². The minimum absolute atomic E-state index is 0.234. The third-order valence-electron chi connectivity index (χ3n) is 4.00. The molecule has 2 nitrogen and oxygen atoms in total. The summed E-state index contributed by atoms with van der Waals surface area (Å²) < 4.78 is 2.36. The van der Waals surface area contributed by atoms with Gasteiger partial charge in [-0.15, -0.1) is 0 Å². The number of nitrogens with zero attached hydrogens (tertiary/aromatic N) is 1. The molecule has 0 saturated heterocycles. The van der Waals surface area contributed by atoms with Crippen molar-refractivity contribution in [3.05, 3.63) is 48.0 Å². The summed E-state index contributed by atoms with van der Waals surface area (Å²) in [4.78, 5) is 0. The fourth-order valence-corrected chi connectivity index (χ4v) is 2.97. The molecule has 1 unspecified atom stereocenters. The summed E-state index contributed by atoms with van der Waals surface area (Å²) in [5, 5.41) is 12.1. The van der Waals surface area contributed by atoms with E-state index in [9.17, 15) is 5.11 Å². The second-order valence-electron chi connectivity index (χ2n) is 5.50. The zero-order chi connectivity index (χ0) is 14.1. The average Bonchev–Trinajstić information content (AvgIpc) is 2.78. The lowest BCUT2D eigenvalue weighted by Crippen LogP contribution is -2.01. The van der Waals surface area contributed by atoms with Crippen LogP contribution in [0.5, 0.6) is 0 Å². The molecule has 1 atom stereocenters. The molecule has 1 N–H and O–H groups in total. The number of aliphatic hydroxyl groups is 1. The van der Waals surface area contributed by atoms with Crippen molar-refractivity contribution in [1.29, 1.82) is 0 Å². The molecule has 104 valence electrons. The minimum atomic E-state index is -0.234. The summed E-state index contributed by atoms with van der Waals surface area (Å²) >= 11 is 0. The zero-order valence-corrected chi connectivity index (χ0v) is 12.1. The number of hydrogen-bond donors (Lipinski definition) is 1.